The van der Waals surface area contributed by atoms with Gasteiger partial charge in [0.1, 0.15) is 11.5 Å². The first-order valence-corrected chi connectivity index (χ1v) is 18.6. The molecule has 0 saturated heterocycles. The molecule has 0 radical (unpaired) electrons. The minimum atomic E-state index is -9.03. The van der Waals surface area contributed by atoms with Gasteiger partial charge in [0.05, 0.1) is 11.5 Å². The fourth-order valence-electron chi connectivity index (χ4n) is 4.14. The van der Waals surface area contributed by atoms with Gasteiger partial charge >= 0.3 is 116 Å². The highest BCUT2D eigenvalue weighted by Gasteiger charge is 2.97. The Balaban J connectivity index is 3.29. The van der Waals surface area contributed by atoms with Gasteiger partial charge in [-0.3, -0.25) is 0 Å². The van der Waals surface area contributed by atoms with E-state index >= 15 is 0 Å². The summed E-state index contributed by atoms with van der Waals surface area (Å²) in [4.78, 5) is 0. The molecule has 0 aromatic heterocycles. The van der Waals surface area contributed by atoms with Crippen LogP contribution >= 0.6 is 0 Å². The Morgan fingerprint density at radius 2 is 0.441 bits per heavy atom. The van der Waals surface area contributed by atoms with E-state index in [1.54, 1.807) is 0 Å². The molecule has 0 saturated carbocycles. The Hall–Kier alpha value is -3.66. The lowest BCUT2D eigenvalue weighted by atomic mass is 9.88. The van der Waals surface area contributed by atoms with Gasteiger partial charge in [-0.15, -0.1) is 0 Å². The highest BCUT2D eigenvalue weighted by Crippen LogP contribution is 2.66. The maximum atomic E-state index is 14.1. The van der Waals surface area contributed by atoms with E-state index < -0.39 is 151 Å². The van der Waals surface area contributed by atoms with Crippen LogP contribution in [0.1, 0.15) is 12.8 Å². The van der Waals surface area contributed by atoms with Gasteiger partial charge in [-0.25, -0.2) is 0 Å². The number of halogens is 34. The minimum absolute atomic E-state index is 0.0908. The van der Waals surface area contributed by atoms with Crippen LogP contribution in [-0.2, 0) is 20.2 Å². The van der Waals surface area contributed by atoms with Crippen molar-refractivity contribution in [3.8, 4) is 11.5 Å². The van der Waals surface area contributed by atoms with Gasteiger partial charge in [0.15, 0.2) is 0 Å². The van der Waals surface area contributed by atoms with Crippen LogP contribution in [0, 0.1) is 0 Å². The van der Waals surface area contributed by atoms with Crippen LogP contribution in [0.3, 0.4) is 0 Å². The van der Waals surface area contributed by atoms with Gasteiger partial charge in [-0.05, 0) is 24.3 Å². The van der Waals surface area contributed by atoms with Gasteiger partial charge in [0, 0.05) is 12.8 Å². The van der Waals surface area contributed by atoms with Gasteiger partial charge < -0.3 is 8.37 Å². The van der Waals surface area contributed by atoms with E-state index in [1.165, 1.54) is 0 Å². The Morgan fingerprint density at radius 1 is 0.279 bits per heavy atom. The smallest absolute Gasteiger partial charge is 0.382 e. The summed E-state index contributed by atoms with van der Waals surface area (Å²) < 4.78 is 511. The Bertz CT molecular complexity index is 2020. The van der Waals surface area contributed by atoms with Crippen molar-refractivity contribution >= 4 is 20.2 Å². The van der Waals surface area contributed by atoms with Crippen molar-refractivity contribution in [2.75, 3.05) is 11.5 Å². The summed E-state index contributed by atoms with van der Waals surface area (Å²) >= 11 is 0. The molecule has 0 aliphatic carbocycles. The van der Waals surface area contributed by atoms with Crippen LogP contribution in [0.25, 0.3) is 0 Å². The van der Waals surface area contributed by atoms with Crippen LogP contribution in [-0.4, -0.2) is 124 Å². The van der Waals surface area contributed by atoms with E-state index in [0.717, 1.165) is 0 Å². The van der Waals surface area contributed by atoms with E-state index in [-0.39, 0.29) is 24.3 Å². The van der Waals surface area contributed by atoms with Crippen LogP contribution in [0.2, 0.25) is 0 Å². The molecule has 1 aromatic rings. The third-order valence-corrected chi connectivity index (χ3v) is 10.5. The SMILES string of the molecule is O=S(=O)(CCC(F)(F)C(F)(F)C(F)(F)C(F)(F)C(F)(F)C(F)(F)C(F)(F)C(F)(F)F)Oc1ccc(OS(=O)(=O)CCC(F)(F)C(F)(F)C(F)(F)C(F)(F)C(F)(F)C(F)(F)C(F)(F)C(F)(F)F)cc1. The summed E-state index contributed by atoms with van der Waals surface area (Å²) in [6.07, 6.45) is -23.3. The van der Waals surface area contributed by atoms with Crippen molar-refractivity contribution in [1.82, 2.24) is 0 Å². The predicted molar refractivity (Wildman–Crippen MR) is 146 cm³/mol. The molecule has 0 amide bonds. The molecule has 0 atom stereocenters. The Labute approximate surface area is 350 Å². The second kappa shape index (κ2) is 17.0. The van der Waals surface area contributed by atoms with E-state index in [1.807, 2.05) is 0 Å². The number of hydrogen-bond acceptors (Lipinski definition) is 6. The van der Waals surface area contributed by atoms with Gasteiger partial charge in [-0.1, -0.05) is 0 Å². The second-order valence-electron chi connectivity index (χ2n) is 13.0. The van der Waals surface area contributed by atoms with Crippen molar-refractivity contribution in [2.24, 2.45) is 0 Å². The molecule has 0 heterocycles. The average molecular weight is 1130 g/mol. The zero-order valence-corrected chi connectivity index (χ0v) is 31.9. The number of hydrogen-bond donors (Lipinski definition) is 0. The van der Waals surface area contributed by atoms with Gasteiger partial charge in [-0.2, -0.15) is 166 Å². The molecular formula is C26H12F34O6S2. The highest BCUT2D eigenvalue weighted by atomic mass is 32.2. The summed E-state index contributed by atoms with van der Waals surface area (Å²) in [5.41, 5.74) is 0. The largest absolute Gasteiger partial charge is 0.460 e. The Morgan fingerprint density at radius 3 is 0.618 bits per heavy atom. The molecule has 0 N–H and O–H groups in total. The molecule has 402 valence electrons. The first-order chi connectivity index (χ1) is 29.1. The maximum Gasteiger partial charge on any atom is 0.460 e. The van der Waals surface area contributed by atoms with Crippen LogP contribution in [0.15, 0.2) is 24.3 Å². The third-order valence-electron chi connectivity index (χ3n) is 8.18. The molecule has 0 spiro atoms. The first-order valence-electron chi connectivity index (χ1n) is 15.4. The third kappa shape index (κ3) is 9.60. The van der Waals surface area contributed by atoms with E-state index in [4.69, 9.17) is 0 Å². The topological polar surface area (TPSA) is 86.7 Å². The van der Waals surface area contributed by atoms with Crippen LogP contribution < -0.4 is 8.37 Å². The molecule has 42 heteroatoms. The summed E-state index contributed by atoms with van der Waals surface area (Å²) in [5, 5.41) is 0. The molecule has 68 heavy (non-hydrogen) atoms. The molecule has 0 aliphatic heterocycles. The lowest BCUT2D eigenvalue weighted by Gasteiger charge is -2.42. The zero-order chi connectivity index (χ0) is 55.2. The van der Waals surface area contributed by atoms with Crippen molar-refractivity contribution in [3.05, 3.63) is 24.3 Å². The molecule has 0 unspecified atom stereocenters. The lowest BCUT2D eigenvalue weighted by Crippen LogP contribution is -2.74. The van der Waals surface area contributed by atoms with Gasteiger partial charge in [0.2, 0.25) is 0 Å². The standard InChI is InChI=1S/C26H12F34O6S2/c27-11(28,13(31,32)15(35,36)17(39,40)19(43,44)21(47,48)23(51,52)25(55,56)57)5-7-67(61,62)65-9-1-2-10(4-3-9)66-68(63,64)8-6-12(29,30)14(33,34)16(37,38)18(41,42)20(45,46)22(49,50)24(53,54)26(58,59)60/h1-4H,5-8H2. The molecule has 0 bridgehead atoms. The number of benzene rings is 1. The summed E-state index contributed by atoms with van der Waals surface area (Å²) in [5.74, 6) is -129. The molecule has 0 fully saturated rings. The summed E-state index contributed by atoms with van der Waals surface area (Å²) in [6.45, 7) is 0. The summed E-state index contributed by atoms with van der Waals surface area (Å²) in [6, 6.07) is -0.363. The monoisotopic (exact) mass is 1130 g/mol. The van der Waals surface area contributed by atoms with E-state index in [9.17, 15) is 166 Å². The molecule has 6 nitrogen and oxygen atoms in total. The van der Waals surface area contributed by atoms with E-state index in [0.29, 0.717) is 0 Å². The fraction of sp³-hybridized carbons (Fsp3) is 0.769. The van der Waals surface area contributed by atoms with Crippen LogP contribution in [0.4, 0.5) is 149 Å². The maximum absolute atomic E-state index is 14.1. The van der Waals surface area contributed by atoms with Crippen molar-refractivity contribution in [1.29, 1.82) is 0 Å². The molecular weight excluding hydrogens is 1120 g/mol. The average Bonchev–Trinajstić information content (AvgIpc) is 3.12. The van der Waals surface area contributed by atoms with E-state index in [2.05, 4.69) is 8.37 Å². The van der Waals surface area contributed by atoms with Crippen molar-refractivity contribution < 1.29 is 174 Å². The fourth-order valence-corrected chi connectivity index (χ4v) is 6.13. The quantitative estimate of drug-likeness (QED) is 0.0849. The summed E-state index contributed by atoms with van der Waals surface area (Å²) in [7, 11) is -12.4. The van der Waals surface area contributed by atoms with Gasteiger partial charge in [0.25, 0.3) is 0 Å². The highest BCUT2D eigenvalue weighted by molar-refractivity contribution is 7.87. The zero-order valence-electron chi connectivity index (χ0n) is 30.3. The first kappa shape index (κ1) is 62.4. The lowest BCUT2D eigenvalue weighted by molar-refractivity contribution is -0.461. The van der Waals surface area contributed by atoms with Crippen LogP contribution in [0.5, 0.6) is 11.5 Å². The predicted octanol–water partition coefficient (Wildman–Crippen LogP) is 11.9. The van der Waals surface area contributed by atoms with Crippen molar-refractivity contribution in [3.63, 3.8) is 0 Å². The number of rotatable bonds is 22. The molecule has 0 aliphatic rings. The number of alkyl halides is 34. The minimum Gasteiger partial charge on any atom is -0.382 e. The normalized spacial score (nSPS) is 16.3. The van der Waals surface area contributed by atoms with Crippen molar-refractivity contribution in [2.45, 2.75) is 108 Å². The molecule has 1 aromatic carbocycles. The second-order valence-corrected chi connectivity index (χ2v) is 16.3. The molecule has 1 rings (SSSR count). The Kier molecular flexibility index (Phi) is 15.6.